The molecule has 1 saturated heterocycles. The van der Waals surface area contributed by atoms with E-state index in [4.69, 9.17) is 0 Å². The molecule has 3 heterocycles. The fourth-order valence-electron chi connectivity index (χ4n) is 4.16. The molecule has 7 heteroatoms. The van der Waals surface area contributed by atoms with Gasteiger partial charge in [-0.15, -0.1) is 11.3 Å². The zero-order valence-corrected chi connectivity index (χ0v) is 15.7. The number of aromatic nitrogens is 2. The van der Waals surface area contributed by atoms with E-state index in [9.17, 15) is 14.7 Å². The highest BCUT2D eigenvalue weighted by molar-refractivity contribution is 7.10. The van der Waals surface area contributed by atoms with E-state index in [0.29, 0.717) is 18.8 Å². The number of carbonyl (C=O) groups is 2. The second-order valence-corrected chi connectivity index (χ2v) is 8.14. The third-order valence-corrected chi connectivity index (χ3v) is 6.75. The molecule has 138 valence electrons. The maximum atomic E-state index is 13.0. The van der Waals surface area contributed by atoms with Crippen LogP contribution in [0.4, 0.5) is 0 Å². The lowest BCUT2D eigenvalue weighted by molar-refractivity contribution is 0.0687. The number of nitrogens with zero attached hydrogens (tertiary/aromatic N) is 3. The number of aryl methyl sites for hydroxylation is 1. The standard InChI is InChI=1S/C19H23N3O3S/c1-12-15(19(24)25)10-20-22(12)13-6-8-21(9-7-13)18(23)16-11-26-17-5-3-2-4-14(16)17/h10-11,13H,2-9H2,1H3,(H,24,25). The smallest absolute Gasteiger partial charge is 0.339 e. The van der Waals surface area contributed by atoms with Crippen molar-refractivity contribution < 1.29 is 14.7 Å². The van der Waals surface area contributed by atoms with Crippen LogP contribution >= 0.6 is 11.3 Å². The Kier molecular flexibility index (Phi) is 4.56. The average Bonchev–Trinajstić information content (AvgIpc) is 3.25. The molecule has 1 amide bonds. The number of amides is 1. The summed E-state index contributed by atoms with van der Waals surface area (Å²) in [7, 11) is 0. The summed E-state index contributed by atoms with van der Waals surface area (Å²) < 4.78 is 1.82. The Labute approximate surface area is 156 Å². The van der Waals surface area contributed by atoms with Gasteiger partial charge in [-0.1, -0.05) is 0 Å². The summed E-state index contributed by atoms with van der Waals surface area (Å²) in [5, 5.41) is 15.5. The van der Waals surface area contributed by atoms with Crippen molar-refractivity contribution in [3.8, 4) is 0 Å². The number of hydrogen-bond donors (Lipinski definition) is 1. The van der Waals surface area contributed by atoms with Gasteiger partial charge in [0, 0.05) is 23.3 Å². The van der Waals surface area contributed by atoms with Gasteiger partial charge >= 0.3 is 5.97 Å². The summed E-state index contributed by atoms with van der Waals surface area (Å²) in [5.41, 5.74) is 3.14. The van der Waals surface area contributed by atoms with Gasteiger partial charge in [0.1, 0.15) is 5.56 Å². The summed E-state index contributed by atoms with van der Waals surface area (Å²) in [6.07, 6.45) is 7.58. The number of carboxylic acid groups (broad SMARTS) is 1. The van der Waals surface area contributed by atoms with Crippen molar-refractivity contribution in [1.29, 1.82) is 0 Å². The van der Waals surface area contributed by atoms with Gasteiger partial charge in [-0.05, 0) is 51.0 Å². The Morgan fingerprint density at radius 2 is 1.92 bits per heavy atom. The summed E-state index contributed by atoms with van der Waals surface area (Å²) >= 11 is 1.73. The Balaban J connectivity index is 1.44. The van der Waals surface area contributed by atoms with Crippen LogP contribution in [0.25, 0.3) is 0 Å². The Bertz CT molecular complexity index is 846. The monoisotopic (exact) mass is 373 g/mol. The Morgan fingerprint density at radius 3 is 2.62 bits per heavy atom. The topological polar surface area (TPSA) is 75.4 Å². The average molecular weight is 373 g/mol. The molecular weight excluding hydrogens is 350 g/mol. The minimum Gasteiger partial charge on any atom is -0.478 e. The largest absolute Gasteiger partial charge is 0.478 e. The lowest BCUT2D eigenvalue weighted by Crippen LogP contribution is -2.39. The number of piperidine rings is 1. The molecule has 2 aromatic heterocycles. The first kappa shape index (κ1) is 17.3. The van der Waals surface area contributed by atoms with E-state index in [2.05, 4.69) is 5.10 Å². The molecule has 1 aliphatic carbocycles. The minimum absolute atomic E-state index is 0.156. The molecule has 26 heavy (non-hydrogen) atoms. The van der Waals surface area contributed by atoms with Crippen molar-refractivity contribution in [3.63, 3.8) is 0 Å². The highest BCUT2D eigenvalue weighted by Crippen LogP contribution is 2.32. The van der Waals surface area contributed by atoms with E-state index in [-0.39, 0.29) is 17.5 Å². The zero-order valence-electron chi connectivity index (χ0n) is 14.9. The second-order valence-electron chi connectivity index (χ2n) is 7.17. The highest BCUT2D eigenvalue weighted by Gasteiger charge is 2.29. The number of hydrogen-bond acceptors (Lipinski definition) is 4. The zero-order chi connectivity index (χ0) is 18.3. The van der Waals surface area contributed by atoms with Gasteiger partial charge in [0.25, 0.3) is 5.91 Å². The molecule has 1 fully saturated rings. The number of aromatic carboxylic acids is 1. The van der Waals surface area contributed by atoms with Gasteiger partial charge in [0.05, 0.1) is 23.5 Å². The number of likely N-dealkylation sites (tertiary alicyclic amines) is 1. The number of thiophene rings is 1. The number of carbonyl (C=O) groups excluding carboxylic acids is 1. The van der Waals surface area contributed by atoms with Gasteiger partial charge in [-0.2, -0.15) is 5.10 Å². The first-order valence-corrected chi connectivity index (χ1v) is 10.1. The minimum atomic E-state index is -0.941. The van der Waals surface area contributed by atoms with Gasteiger partial charge < -0.3 is 10.0 Å². The molecule has 0 aromatic carbocycles. The molecule has 0 atom stereocenters. The quantitative estimate of drug-likeness (QED) is 0.896. The highest BCUT2D eigenvalue weighted by atomic mass is 32.1. The number of rotatable bonds is 3. The fourth-order valence-corrected chi connectivity index (χ4v) is 5.28. The number of fused-ring (bicyclic) bond motifs is 1. The van der Waals surface area contributed by atoms with Crippen LogP contribution < -0.4 is 0 Å². The van der Waals surface area contributed by atoms with Crippen LogP contribution in [0, 0.1) is 6.92 Å². The van der Waals surface area contributed by atoms with Crippen LogP contribution in [0.1, 0.15) is 68.6 Å². The molecular formula is C19H23N3O3S. The summed E-state index contributed by atoms with van der Waals surface area (Å²) in [5.74, 6) is -0.783. The normalized spacial score (nSPS) is 18.0. The third-order valence-electron chi connectivity index (χ3n) is 5.66. The molecule has 0 saturated carbocycles. The molecule has 2 aliphatic rings. The molecule has 0 bridgehead atoms. The summed E-state index contributed by atoms with van der Waals surface area (Å²) in [4.78, 5) is 27.5. The van der Waals surface area contributed by atoms with E-state index in [1.165, 1.54) is 29.5 Å². The molecule has 1 aliphatic heterocycles. The Hall–Kier alpha value is -2.15. The fraction of sp³-hybridized carbons (Fsp3) is 0.526. The lowest BCUT2D eigenvalue weighted by Gasteiger charge is -2.33. The molecule has 0 radical (unpaired) electrons. The van der Waals surface area contributed by atoms with Crippen LogP contribution in [0.5, 0.6) is 0 Å². The predicted molar refractivity (Wildman–Crippen MR) is 99.1 cm³/mol. The summed E-state index contributed by atoms with van der Waals surface area (Å²) in [6.45, 7) is 3.18. The van der Waals surface area contributed by atoms with Crippen LogP contribution in [0.3, 0.4) is 0 Å². The van der Waals surface area contributed by atoms with Gasteiger partial charge in [-0.3, -0.25) is 9.48 Å². The Morgan fingerprint density at radius 1 is 1.19 bits per heavy atom. The van der Waals surface area contributed by atoms with Crippen molar-refractivity contribution in [2.75, 3.05) is 13.1 Å². The van der Waals surface area contributed by atoms with E-state index in [1.54, 1.807) is 18.3 Å². The SMILES string of the molecule is Cc1c(C(=O)O)cnn1C1CCN(C(=O)c2csc3c2CCCC3)CC1. The van der Waals surface area contributed by atoms with E-state index in [1.807, 2.05) is 15.0 Å². The van der Waals surface area contributed by atoms with Crippen LogP contribution in [-0.2, 0) is 12.8 Å². The van der Waals surface area contributed by atoms with Gasteiger partial charge in [-0.25, -0.2) is 4.79 Å². The van der Waals surface area contributed by atoms with Crippen molar-refractivity contribution in [3.05, 3.63) is 38.8 Å². The predicted octanol–water partition coefficient (Wildman–Crippen LogP) is 3.31. The molecule has 6 nitrogen and oxygen atoms in total. The maximum Gasteiger partial charge on any atom is 0.339 e. The lowest BCUT2D eigenvalue weighted by atomic mass is 9.95. The first-order chi connectivity index (χ1) is 12.6. The van der Waals surface area contributed by atoms with Crippen molar-refractivity contribution >= 4 is 23.2 Å². The van der Waals surface area contributed by atoms with Crippen LogP contribution in [0.2, 0.25) is 0 Å². The van der Waals surface area contributed by atoms with E-state index < -0.39 is 5.97 Å². The van der Waals surface area contributed by atoms with Crippen molar-refractivity contribution in [2.45, 2.75) is 51.5 Å². The maximum absolute atomic E-state index is 13.0. The molecule has 1 N–H and O–H groups in total. The second kappa shape index (κ2) is 6.87. The molecule has 0 spiro atoms. The van der Waals surface area contributed by atoms with Crippen molar-refractivity contribution in [2.24, 2.45) is 0 Å². The van der Waals surface area contributed by atoms with E-state index in [0.717, 1.165) is 31.2 Å². The third kappa shape index (κ3) is 2.94. The number of carboxylic acids is 1. The molecule has 4 rings (SSSR count). The van der Waals surface area contributed by atoms with Gasteiger partial charge in [0.15, 0.2) is 0 Å². The van der Waals surface area contributed by atoms with E-state index >= 15 is 0 Å². The van der Waals surface area contributed by atoms with Crippen molar-refractivity contribution in [1.82, 2.24) is 14.7 Å². The van der Waals surface area contributed by atoms with Gasteiger partial charge in [0.2, 0.25) is 0 Å². The molecule has 2 aromatic rings. The first-order valence-electron chi connectivity index (χ1n) is 9.22. The molecule has 0 unspecified atom stereocenters. The van der Waals surface area contributed by atoms with Crippen LogP contribution in [-0.4, -0.2) is 44.8 Å². The van der Waals surface area contributed by atoms with Crippen LogP contribution in [0.15, 0.2) is 11.6 Å². The summed E-state index contributed by atoms with van der Waals surface area (Å²) in [6, 6.07) is 0.156.